The summed E-state index contributed by atoms with van der Waals surface area (Å²) in [5.74, 6) is 0.319. The van der Waals surface area contributed by atoms with Crippen LogP contribution in [0.2, 0.25) is 0 Å². The smallest absolute Gasteiger partial charge is 0.303 e. The average Bonchev–Trinajstić information content (AvgIpc) is 2.46. The molecule has 1 N–H and O–H groups in total. The third-order valence-corrected chi connectivity index (χ3v) is 4.74. The minimum atomic E-state index is -0.669. The lowest BCUT2D eigenvalue weighted by Gasteiger charge is -2.03. The first-order chi connectivity index (χ1) is 10.6. The van der Waals surface area contributed by atoms with Crippen molar-refractivity contribution in [3.05, 3.63) is 0 Å². The Morgan fingerprint density at radius 2 is 1.05 bits per heavy atom. The molecule has 3 nitrogen and oxygen atoms in total. The fourth-order valence-electron chi connectivity index (χ4n) is 2.54. The highest BCUT2D eigenvalue weighted by Gasteiger charge is 1.97. The zero-order valence-corrected chi connectivity index (χ0v) is 15.1. The molecule has 0 heterocycles. The van der Waals surface area contributed by atoms with E-state index in [0.717, 1.165) is 18.6 Å². The van der Waals surface area contributed by atoms with Gasteiger partial charge in [0.05, 0.1) is 0 Å². The van der Waals surface area contributed by atoms with Gasteiger partial charge in [0, 0.05) is 19.1 Å². The van der Waals surface area contributed by atoms with E-state index in [9.17, 15) is 9.59 Å². The third kappa shape index (κ3) is 19.5. The maximum atomic E-state index is 10.7. The lowest BCUT2D eigenvalue weighted by Crippen LogP contribution is -1.93. The number of thioether (sulfide) groups is 1. The molecule has 4 heteroatoms. The van der Waals surface area contributed by atoms with Crippen LogP contribution in [-0.2, 0) is 9.59 Å². The van der Waals surface area contributed by atoms with Crippen molar-refractivity contribution in [1.29, 1.82) is 0 Å². The zero-order valence-electron chi connectivity index (χ0n) is 14.3. The van der Waals surface area contributed by atoms with Gasteiger partial charge >= 0.3 is 5.97 Å². The molecule has 0 aromatic carbocycles. The van der Waals surface area contributed by atoms with Crippen LogP contribution in [0.25, 0.3) is 0 Å². The number of carbonyl (C=O) groups excluding carboxylic acids is 1. The summed E-state index contributed by atoms with van der Waals surface area (Å²) in [6.07, 6.45) is 16.4. The highest BCUT2D eigenvalue weighted by Crippen LogP contribution is 2.14. The largest absolute Gasteiger partial charge is 0.481 e. The van der Waals surface area contributed by atoms with Gasteiger partial charge in [0.25, 0.3) is 0 Å². The van der Waals surface area contributed by atoms with E-state index in [1.54, 1.807) is 6.92 Å². The molecule has 0 aliphatic heterocycles. The number of carboxylic acid groups (broad SMARTS) is 1. The van der Waals surface area contributed by atoms with Crippen molar-refractivity contribution < 1.29 is 14.7 Å². The number of aliphatic carboxylic acids is 1. The van der Waals surface area contributed by atoms with Gasteiger partial charge in [-0.3, -0.25) is 9.59 Å². The van der Waals surface area contributed by atoms with E-state index < -0.39 is 5.97 Å². The van der Waals surface area contributed by atoms with Crippen molar-refractivity contribution in [2.75, 3.05) is 5.75 Å². The molecule has 0 spiro atoms. The van der Waals surface area contributed by atoms with Gasteiger partial charge < -0.3 is 5.11 Å². The van der Waals surface area contributed by atoms with Crippen molar-refractivity contribution in [2.45, 2.75) is 96.8 Å². The molecule has 0 saturated heterocycles. The molecular weight excluding hydrogens is 296 g/mol. The molecular formula is C18H34O3S. The molecule has 0 radical (unpaired) electrons. The van der Waals surface area contributed by atoms with Gasteiger partial charge in [-0.1, -0.05) is 82.4 Å². The Morgan fingerprint density at radius 3 is 1.41 bits per heavy atom. The van der Waals surface area contributed by atoms with Crippen LogP contribution in [-0.4, -0.2) is 21.9 Å². The van der Waals surface area contributed by atoms with Crippen molar-refractivity contribution in [1.82, 2.24) is 0 Å². The Bertz CT molecular complexity index is 252. The molecule has 130 valence electrons. The van der Waals surface area contributed by atoms with Crippen LogP contribution in [0.1, 0.15) is 96.8 Å². The summed E-state index contributed by atoms with van der Waals surface area (Å²) in [5, 5.41) is 8.76. The molecule has 0 amide bonds. The highest BCUT2D eigenvalue weighted by atomic mass is 32.2. The molecule has 0 aromatic rings. The summed E-state index contributed by atoms with van der Waals surface area (Å²) in [4.78, 5) is 21.1. The highest BCUT2D eigenvalue weighted by molar-refractivity contribution is 8.13. The van der Waals surface area contributed by atoms with E-state index in [0.29, 0.717) is 6.42 Å². The second-order valence-corrected chi connectivity index (χ2v) is 7.35. The number of hydrogen-bond acceptors (Lipinski definition) is 3. The number of carboxylic acids is 1. The van der Waals surface area contributed by atoms with Crippen LogP contribution in [0.15, 0.2) is 0 Å². The monoisotopic (exact) mass is 330 g/mol. The number of rotatable bonds is 16. The van der Waals surface area contributed by atoms with Gasteiger partial charge in [0.1, 0.15) is 0 Å². The molecule has 0 aromatic heterocycles. The fourth-order valence-corrected chi connectivity index (χ4v) is 3.17. The summed E-state index contributed by atoms with van der Waals surface area (Å²) in [6, 6.07) is 0. The van der Waals surface area contributed by atoms with Crippen LogP contribution in [0.5, 0.6) is 0 Å². The van der Waals surface area contributed by atoms with Gasteiger partial charge in [0.15, 0.2) is 5.12 Å². The third-order valence-electron chi connectivity index (χ3n) is 3.84. The molecule has 0 rings (SSSR count). The number of unbranched alkanes of at least 4 members (excludes halogenated alkanes) is 12. The molecule has 0 aliphatic rings. The standard InChI is InChI=1S/C18H34O3S/c1-17(19)22-16-14-12-10-8-6-4-2-3-5-7-9-11-13-15-18(20)21/h2-16H2,1H3,(H,20,21). The van der Waals surface area contributed by atoms with Crippen LogP contribution in [0.3, 0.4) is 0 Å². The lowest BCUT2D eigenvalue weighted by atomic mass is 10.0. The summed E-state index contributed by atoms with van der Waals surface area (Å²) in [6.45, 7) is 1.64. The Labute approximate surface area is 140 Å². The van der Waals surface area contributed by atoms with E-state index in [-0.39, 0.29) is 5.12 Å². The van der Waals surface area contributed by atoms with E-state index in [1.807, 2.05) is 0 Å². The zero-order chi connectivity index (χ0) is 16.5. The van der Waals surface area contributed by atoms with Crippen molar-refractivity contribution in [2.24, 2.45) is 0 Å². The second kappa shape index (κ2) is 16.9. The summed E-state index contributed by atoms with van der Waals surface area (Å²) in [5.41, 5.74) is 0. The van der Waals surface area contributed by atoms with E-state index >= 15 is 0 Å². The van der Waals surface area contributed by atoms with Crippen molar-refractivity contribution >= 4 is 22.8 Å². The molecule has 0 bridgehead atoms. The Balaban J connectivity index is 2.99. The van der Waals surface area contributed by atoms with E-state index in [1.165, 1.54) is 82.4 Å². The van der Waals surface area contributed by atoms with E-state index in [4.69, 9.17) is 5.11 Å². The molecule has 0 unspecified atom stereocenters. The Kier molecular flexibility index (Phi) is 16.5. The first kappa shape index (κ1) is 21.5. The number of carbonyl (C=O) groups is 2. The predicted octanol–water partition coefficient (Wildman–Crippen LogP) is 5.81. The van der Waals surface area contributed by atoms with Crippen LogP contribution in [0.4, 0.5) is 0 Å². The normalized spacial score (nSPS) is 10.8. The maximum Gasteiger partial charge on any atom is 0.303 e. The quantitative estimate of drug-likeness (QED) is 0.363. The number of hydrogen-bond donors (Lipinski definition) is 1. The summed E-state index contributed by atoms with van der Waals surface area (Å²) in [7, 11) is 0. The minimum absolute atomic E-state index is 0.238. The topological polar surface area (TPSA) is 54.4 Å². The SMILES string of the molecule is CC(=O)SCCCCCCCCCCCCCCCC(=O)O. The summed E-state index contributed by atoms with van der Waals surface area (Å²) >= 11 is 1.45. The van der Waals surface area contributed by atoms with Crippen molar-refractivity contribution in [3.63, 3.8) is 0 Å². The fraction of sp³-hybridized carbons (Fsp3) is 0.889. The first-order valence-corrected chi connectivity index (χ1v) is 9.96. The second-order valence-electron chi connectivity index (χ2n) is 6.08. The average molecular weight is 331 g/mol. The molecule has 22 heavy (non-hydrogen) atoms. The Hall–Kier alpha value is -0.510. The molecule has 0 saturated carbocycles. The van der Waals surface area contributed by atoms with Crippen LogP contribution < -0.4 is 0 Å². The van der Waals surface area contributed by atoms with Crippen LogP contribution in [0, 0.1) is 0 Å². The first-order valence-electron chi connectivity index (χ1n) is 8.98. The predicted molar refractivity (Wildman–Crippen MR) is 95.4 cm³/mol. The molecule has 0 atom stereocenters. The van der Waals surface area contributed by atoms with Gasteiger partial charge in [-0.05, 0) is 12.8 Å². The van der Waals surface area contributed by atoms with Gasteiger partial charge in [-0.15, -0.1) is 0 Å². The van der Waals surface area contributed by atoms with Gasteiger partial charge in [0.2, 0.25) is 0 Å². The summed E-state index contributed by atoms with van der Waals surface area (Å²) < 4.78 is 0. The van der Waals surface area contributed by atoms with Gasteiger partial charge in [-0.2, -0.15) is 0 Å². The van der Waals surface area contributed by atoms with E-state index in [2.05, 4.69) is 0 Å². The molecule has 0 fully saturated rings. The van der Waals surface area contributed by atoms with Crippen molar-refractivity contribution in [3.8, 4) is 0 Å². The molecule has 0 aliphatic carbocycles. The van der Waals surface area contributed by atoms with Gasteiger partial charge in [-0.25, -0.2) is 0 Å². The maximum absolute atomic E-state index is 10.7. The lowest BCUT2D eigenvalue weighted by molar-refractivity contribution is -0.137. The Morgan fingerprint density at radius 1 is 0.682 bits per heavy atom. The van der Waals surface area contributed by atoms with Crippen LogP contribution >= 0.6 is 11.8 Å². The minimum Gasteiger partial charge on any atom is -0.481 e.